The number of aliphatic carboxylic acids is 2. The molecule has 0 aliphatic rings. The van der Waals surface area contributed by atoms with E-state index in [1.165, 1.54) is 0 Å². The first-order valence-electron chi connectivity index (χ1n) is 12.4. The molecule has 0 saturated heterocycles. The molecule has 0 radical (unpaired) electrons. The quantitative estimate of drug-likeness (QED) is 0.202. The summed E-state index contributed by atoms with van der Waals surface area (Å²) in [6, 6.07) is 27.7. The molecule has 0 bridgehead atoms. The van der Waals surface area contributed by atoms with Crippen molar-refractivity contribution in [2.45, 2.75) is 39.7 Å². The van der Waals surface area contributed by atoms with Crippen LogP contribution in [0.1, 0.15) is 44.0 Å². The van der Waals surface area contributed by atoms with Gasteiger partial charge in [0.2, 0.25) is 0 Å². The van der Waals surface area contributed by atoms with Crippen LogP contribution in [0.3, 0.4) is 0 Å². The van der Waals surface area contributed by atoms with E-state index < -0.39 is 37.9 Å². The fourth-order valence-corrected chi connectivity index (χ4v) is 6.90. The number of hydrogen-bond acceptors (Lipinski definition) is 4. The summed E-state index contributed by atoms with van der Waals surface area (Å²) in [4.78, 5) is 36.2. The highest BCUT2D eigenvalue weighted by Gasteiger charge is 2.31. The van der Waals surface area contributed by atoms with Gasteiger partial charge in [-0.1, -0.05) is 99.6 Å². The molecule has 194 valence electrons. The molecular formula is C30H33O6P. The van der Waals surface area contributed by atoms with Crippen molar-refractivity contribution >= 4 is 41.7 Å². The standard InChI is InChI=1S/C30H33O6P/c1-20(2)27(21(3)18-19-25(28(31)32)29(33)34)36-30(35)24-16-10-11-17-26(24)37(22-12-6-4-7-13-22)23-14-8-5-9-15-23/h4-17,20-21,25,27H,18-19H2,1-3H3,(H,31,32)(H,33,34)/t21-,27-/m1/s1. The van der Waals surface area contributed by atoms with Gasteiger partial charge < -0.3 is 14.9 Å². The number of carbonyl (C=O) groups is 3. The zero-order valence-electron chi connectivity index (χ0n) is 21.3. The van der Waals surface area contributed by atoms with Crippen LogP contribution in [0, 0.1) is 17.8 Å². The van der Waals surface area contributed by atoms with Crippen molar-refractivity contribution < 1.29 is 29.3 Å². The molecule has 0 spiro atoms. The number of benzene rings is 3. The van der Waals surface area contributed by atoms with Gasteiger partial charge in [0.15, 0.2) is 5.92 Å². The molecule has 0 aliphatic carbocycles. The molecule has 2 atom stereocenters. The van der Waals surface area contributed by atoms with Crippen LogP contribution in [-0.4, -0.2) is 34.2 Å². The van der Waals surface area contributed by atoms with Crippen molar-refractivity contribution in [3.8, 4) is 0 Å². The summed E-state index contributed by atoms with van der Waals surface area (Å²) in [5.74, 6) is -4.89. The average Bonchev–Trinajstić information content (AvgIpc) is 2.88. The normalized spacial score (nSPS) is 12.9. The minimum absolute atomic E-state index is 0.0312. The van der Waals surface area contributed by atoms with E-state index in [-0.39, 0.29) is 18.3 Å². The highest BCUT2D eigenvalue weighted by molar-refractivity contribution is 7.80. The molecule has 3 aromatic rings. The predicted molar refractivity (Wildman–Crippen MR) is 146 cm³/mol. The van der Waals surface area contributed by atoms with Gasteiger partial charge in [0.05, 0.1) is 5.56 Å². The van der Waals surface area contributed by atoms with E-state index in [1.54, 1.807) is 6.07 Å². The molecular weight excluding hydrogens is 487 g/mol. The van der Waals surface area contributed by atoms with Gasteiger partial charge >= 0.3 is 17.9 Å². The van der Waals surface area contributed by atoms with Gasteiger partial charge in [0.25, 0.3) is 0 Å². The molecule has 0 fully saturated rings. The minimum atomic E-state index is -1.48. The van der Waals surface area contributed by atoms with Gasteiger partial charge in [-0.05, 0) is 54.6 Å². The van der Waals surface area contributed by atoms with E-state index in [0.717, 1.165) is 15.9 Å². The molecule has 3 rings (SSSR count). The Kier molecular flexibility index (Phi) is 9.99. The van der Waals surface area contributed by atoms with Crippen molar-refractivity contribution in [2.75, 3.05) is 0 Å². The monoisotopic (exact) mass is 520 g/mol. The second kappa shape index (κ2) is 13.2. The number of carboxylic acid groups (broad SMARTS) is 2. The lowest BCUT2D eigenvalue weighted by atomic mass is 9.88. The van der Waals surface area contributed by atoms with Gasteiger partial charge in [0, 0.05) is 0 Å². The van der Waals surface area contributed by atoms with Crippen LogP contribution in [0.25, 0.3) is 0 Å². The zero-order valence-corrected chi connectivity index (χ0v) is 22.2. The predicted octanol–water partition coefficient (Wildman–Crippen LogP) is 4.83. The summed E-state index contributed by atoms with van der Waals surface area (Å²) in [5, 5.41) is 21.5. The number of carbonyl (C=O) groups excluding carboxylic acids is 1. The molecule has 6 nitrogen and oxygen atoms in total. The smallest absolute Gasteiger partial charge is 0.339 e. The minimum Gasteiger partial charge on any atom is -0.481 e. The Morgan fingerprint density at radius 1 is 0.730 bits per heavy atom. The van der Waals surface area contributed by atoms with E-state index in [4.69, 9.17) is 4.74 Å². The van der Waals surface area contributed by atoms with Crippen molar-refractivity contribution in [1.29, 1.82) is 0 Å². The SMILES string of the molecule is CC(C)[C@@H](OC(=O)c1ccccc1P(c1ccccc1)c1ccccc1)[C@H](C)CCC(C(=O)O)C(=O)O. The summed E-state index contributed by atoms with van der Waals surface area (Å²) in [6.45, 7) is 5.74. The molecule has 0 aliphatic heterocycles. The first-order valence-corrected chi connectivity index (χ1v) is 13.7. The van der Waals surface area contributed by atoms with Crippen LogP contribution in [0.2, 0.25) is 0 Å². The highest BCUT2D eigenvalue weighted by Crippen LogP contribution is 2.34. The molecule has 0 amide bonds. The first kappa shape index (κ1) is 28.1. The van der Waals surface area contributed by atoms with Crippen molar-refractivity contribution in [2.24, 2.45) is 17.8 Å². The Morgan fingerprint density at radius 2 is 1.22 bits per heavy atom. The molecule has 3 aromatic carbocycles. The van der Waals surface area contributed by atoms with E-state index in [2.05, 4.69) is 24.3 Å². The largest absolute Gasteiger partial charge is 0.481 e. The molecule has 0 aromatic heterocycles. The van der Waals surface area contributed by atoms with Crippen LogP contribution in [0.4, 0.5) is 0 Å². The van der Waals surface area contributed by atoms with Crippen molar-refractivity contribution in [3.05, 3.63) is 90.5 Å². The Balaban J connectivity index is 1.90. The van der Waals surface area contributed by atoms with Gasteiger partial charge in [-0.3, -0.25) is 9.59 Å². The van der Waals surface area contributed by atoms with E-state index in [1.807, 2.05) is 75.4 Å². The Hall–Kier alpha value is -3.50. The molecule has 0 saturated carbocycles. The lowest BCUT2D eigenvalue weighted by molar-refractivity contribution is -0.155. The van der Waals surface area contributed by atoms with E-state index in [0.29, 0.717) is 12.0 Å². The number of hydrogen-bond donors (Lipinski definition) is 2. The van der Waals surface area contributed by atoms with Crippen LogP contribution in [-0.2, 0) is 14.3 Å². The maximum Gasteiger partial charge on any atom is 0.339 e. The Bertz CT molecular complexity index is 1140. The third-order valence-corrected chi connectivity index (χ3v) is 8.86. The second-order valence-corrected chi connectivity index (χ2v) is 11.6. The summed E-state index contributed by atoms with van der Waals surface area (Å²) in [5.41, 5.74) is 0.494. The van der Waals surface area contributed by atoms with E-state index in [9.17, 15) is 24.6 Å². The van der Waals surface area contributed by atoms with Crippen LogP contribution in [0.5, 0.6) is 0 Å². The second-order valence-electron chi connectivity index (χ2n) is 9.42. The molecule has 0 unspecified atom stereocenters. The van der Waals surface area contributed by atoms with Gasteiger partial charge in [0.1, 0.15) is 6.10 Å². The number of ether oxygens (including phenoxy) is 1. The van der Waals surface area contributed by atoms with Gasteiger partial charge in [-0.2, -0.15) is 0 Å². The lowest BCUT2D eigenvalue weighted by Crippen LogP contribution is -2.34. The number of carboxylic acids is 2. The Labute approximate surface area is 219 Å². The summed E-state index contributed by atoms with van der Waals surface area (Å²) in [6.07, 6.45) is -0.221. The van der Waals surface area contributed by atoms with Crippen molar-refractivity contribution in [3.63, 3.8) is 0 Å². The summed E-state index contributed by atoms with van der Waals surface area (Å²) < 4.78 is 6.05. The number of rotatable bonds is 12. The maximum absolute atomic E-state index is 13.6. The van der Waals surface area contributed by atoms with Gasteiger partial charge in [-0.25, -0.2) is 4.79 Å². The van der Waals surface area contributed by atoms with Crippen molar-refractivity contribution in [1.82, 2.24) is 0 Å². The van der Waals surface area contributed by atoms with Crippen LogP contribution < -0.4 is 15.9 Å². The lowest BCUT2D eigenvalue weighted by Gasteiger charge is -2.29. The molecule has 2 N–H and O–H groups in total. The fourth-order valence-electron chi connectivity index (χ4n) is 4.47. The molecule has 7 heteroatoms. The van der Waals surface area contributed by atoms with Crippen LogP contribution >= 0.6 is 7.92 Å². The third-order valence-electron chi connectivity index (χ3n) is 6.36. The molecule has 0 heterocycles. The van der Waals surface area contributed by atoms with Gasteiger partial charge in [-0.15, -0.1) is 0 Å². The maximum atomic E-state index is 13.6. The summed E-state index contributed by atoms with van der Waals surface area (Å²) in [7, 11) is -1.02. The van der Waals surface area contributed by atoms with E-state index >= 15 is 0 Å². The fraction of sp³-hybridized carbons (Fsp3) is 0.300. The first-order chi connectivity index (χ1) is 17.7. The molecule has 37 heavy (non-hydrogen) atoms. The van der Waals surface area contributed by atoms with Crippen LogP contribution in [0.15, 0.2) is 84.9 Å². The summed E-state index contributed by atoms with van der Waals surface area (Å²) >= 11 is 0. The average molecular weight is 521 g/mol. The number of esters is 1. The topological polar surface area (TPSA) is 101 Å². The zero-order chi connectivity index (χ0) is 26.9. The Morgan fingerprint density at radius 3 is 1.70 bits per heavy atom. The highest BCUT2D eigenvalue weighted by atomic mass is 31.1. The third kappa shape index (κ3) is 7.27.